The number of esters is 1. The Morgan fingerprint density at radius 1 is 1.21 bits per heavy atom. The highest BCUT2D eigenvalue weighted by Gasteiger charge is 2.27. The maximum absolute atomic E-state index is 12.1. The second kappa shape index (κ2) is 6.80. The third-order valence-electron chi connectivity index (χ3n) is 5.31. The molecule has 0 N–H and O–H groups in total. The van der Waals surface area contributed by atoms with E-state index in [4.69, 9.17) is 4.74 Å². The first-order valence-corrected chi connectivity index (χ1v) is 9.13. The molecular weight excluding hydrogens is 300 g/mol. The van der Waals surface area contributed by atoms with Crippen LogP contribution in [-0.4, -0.2) is 21.6 Å². The molecule has 24 heavy (non-hydrogen) atoms. The van der Waals surface area contributed by atoms with E-state index < -0.39 is 0 Å². The van der Waals surface area contributed by atoms with E-state index in [0.29, 0.717) is 12.5 Å². The molecule has 1 aromatic heterocycles. The molecule has 1 aliphatic carbocycles. The van der Waals surface area contributed by atoms with Gasteiger partial charge in [-0.3, -0.25) is 4.79 Å². The standard InChI is InChI=1S/C20H24N2O2/c23-20(24-15-7-2-1-3-8-15)12-6-11-18-16-9-4-5-10-17(16)19-13-21-14-22(18)19/h4-5,9-10,13-15,18H,1-3,6-8,11-12H2. The SMILES string of the molecule is O=C(CCCC1c2ccccc2-c2cncn21)OC1CCCCC1. The van der Waals surface area contributed by atoms with Crippen molar-refractivity contribution in [3.63, 3.8) is 0 Å². The number of rotatable bonds is 5. The van der Waals surface area contributed by atoms with Gasteiger partial charge >= 0.3 is 5.97 Å². The van der Waals surface area contributed by atoms with Crippen LogP contribution < -0.4 is 0 Å². The summed E-state index contributed by atoms with van der Waals surface area (Å²) >= 11 is 0. The minimum Gasteiger partial charge on any atom is -0.462 e. The highest BCUT2D eigenvalue weighted by molar-refractivity contribution is 5.70. The van der Waals surface area contributed by atoms with E-state index in [1.54, 1.807) is 0 Å². The van der Waals surface area contributed by atoms with Crippen LogP contribution in [0.3, 0.4) is 0 Å². The van der Waals surface area contributed by atoms with Crippen LogP contribution in [0.4, 0.5) is 0 Å². The van der Waals surface area contributed by atoms with E-state index in [9.17, 15) is 4.79 Å². The van der Waals surface area contributed by atoms with Gasteiger partial charge in [0, 0.05) is 12.0 Å². The summed E-state index contributed by atoms with van der Waals surface area (Å²) < 4.78 is 7.86. The normalized spacial score (nSPS) is 19.8. The first-order valence-electron chi connectivity index (χ1n) is 9.13. The summed E-state index contributed by atoms with van der Waals surface area (Å²) in [5, 5.41) is 0. The van der Waals surface area contributed by atoms with Crippen LogP contribution in [-0.2, 0) is 9.53 Å². The maximum Gasteiger partial charge on any atom is 0.306 e. The predicted octanol–water partition coefficient (Wildman–Crippen LogP) is 4.50. The van der Waals surface area contributed by atoms with Crippen molar-refractivity contribution in [3.8, 4) is 11.3 Å². The number of aromatic nitrogens is 2. The number of hydrogen-bond acceptors (Lipinski definition) is 3. The van der Waals surface area contributed by atoms with Crippen molar-refractivity contribution in [3.05, 3.63) is 42.4 Å². The van der Waals surface area contributed by atoms with Gasteiger partial charge in [0.2, 0.25) is 0 Å². The third kappa shape index (κ3) is 2.97. The minimum atomic E-state index is -0.0287. The van der Waals surface area contributed by atoms with E-state index in [1.807, 2.05) is 12.5 Å². The molecular formula is C20H24N2O2. The van der Waals surface area contributed by atoms with Crippen LogP contribution in [0.5, 0.6) is 0 Å². The smallest absolute Gasteiger partial charge is 0.306 e. The summed E-state index contributed by atoms with van der Waals surface area (Å²) in [4.78, 5) is 16.4. The van der Waals surface area contributed by atoms with Gasteiger partial charge in [0.05, 0.1) is 24.3 Å². The summed E-state index contributed by atoms with van der Waals surface area (Å²) in [5.41, 5.74) is 3.79. The van der Waals surface area contributed by atoms with Crippen molar-refractivity contribution < 1.29 is 9.53 Å². The van der Waals surface area contributed by atoms with E-state index in [0.717, 1.165) is 25.7 Å². The Hall–Kier alpha value is -2.10. The summed E-state index contributed by atoms with van der Waals surface area (Å²) in [5.74, 6) is -0.0287. The number of nitrogens with zero attached hydrogens (tertiary/aromatic N) is 2. The van der Waals surface area contributed by atoms with Crippen LogP contribution in [0, 0.1) is 0 Å². The molecule has 1 fully saturated rings. The van der Waals surface area contributed by atoms with Crippen molar-refractivity contribution in [2.45, 2.75) is 63.5 Å². The Morgan fingerprint density at radius 3 is 2.92 bits per heavy atom. The lowest BCUT2D eigenvalue weighted by molar-refractivity contribution is -0.150. The van der Waals surface area contributed by atoms with Gasteiger partial charge in [-0.15, -0.1) is 0 Å². The molecule has 2 aliphatic rings. The maximum atomic E-state index is 12.1. The second-order valence-electron chi connectivity index (χ2n) is 6.93. The minimum absolute atomic E-state index is 0.0287. The molecule has 1 aromatic carbocycles. The number of carbonyl (C=O) groups excluding carboxylic acids is 1. The number of benzene rings is 1. The zero-order valence-electron chi connectivity index (χ0n) is 14.0. The molecule has 1 saturated carbocycles. The van der Waals surface area contributed by atoms with Crippen LogP contribution >= 0.6 is 0 Å². The van der Waals surface area contributed by atoms with Gasteiger partial charge in [0.25, 0.3) is 0 Å². The van der Waals surface area contributed by atoms with E-state index in [2.05, 4.69) is 33.8 Å². The number of imidazole rings is 1. The molecule has 126 valence electrons. The summed E-state index contributed by atoms with van der Waals surface area (Å²) in [6.45, 7) is 0. The Bertz CT molecular complexity index is 716. The van der Waals surface area contributed by atoms with Crippen molar-refractivity contribution >= 4 is 5.97 Å². The Morgan fingerprint density at radius 2 is 2.04 bits per heavy atom. The molecule has 0 spiro atoms. The number of ether oxygens (including phenoxy) is 1. The van der Waals surface area contributed by atoms with Crippen molar-refractivity contribution in [1.29, 1.82) is 0 Å². The molecule has 4 nitrogen and oxygen atoms in total. The molecule has 1 atom stereocenters. The largest absolute Gasteiger partial charge is 0.462 e. The fraction of sp³-hybridized carbons (Fsp3) is 0.500. The fourth-order valence-electron chi connectivity index (χ4n) is 4.09. The first-order chi connectivity index (χ1) is 11.8. The van der Waals surface area contributed by atoms with Gasteiger partial charge in [0.15, 0.2) is 0 Å². The fourth-order valence-corrected chi connectivity index (χ4v) is 4.09. The van der Waals surface area contributed by atoms with Crippen molar-refractivity contribution in [2.75, 3.05) is 0 Å². The highest BCUT2D eigenvalue weighted by Crippen LogP contribution is 2.41. The number of carbonyl (C=O) groups is 1. The average Bonchev–Trinajstić information content (AvgIpc) is 3.18. The van der Waals surface area contributed by atoms with E-state index in [1.165, 1.54) is 36.1 Å². The molecule has 1 aliphatic heterocycles. The van der Waals surface area contributed by atoms with Crippen LogP contribution in [0.25, 0.3) is 11.3 Å². The summed E-state index contributed by atoms with van der Waals surface area (Å²) in [6.07, 6.45) is 12.1. The lowest BCUT2D eigenvalue weighted by atomic mass is 9.97. The first kappa shape index (κ1) is 15.4. The van der Waals surface area contributed by atoms with Gasteiger partial charge in [-0.05, 0) is 44.1 Å². The van der Waals surface area contributed by atoms with Crippen molar-refractivity contribution in [2.24, 2.45) is 0 Å². The molecule has 2 aromatic rings. The molecule has 4 rings (SSSR count). The Kier molecular flexibility index (Phi) is 4.37. The van der Waals surface area contributed by atoms with E-state index in [-0.39, 0.29) is 12.1 Å². The molecule has 0 bridgehead atoms. The molecule has 4 heteroatoms. The summed E-state index contributed by atoms with van der Waals surface area (Å²) in [6, 6.07) is 8.79. The monoisotopic (exact) mass is 324 g/mol. The molecule has 0 amide bonds. The average molecular weight is 324 g/mol. The Labute approximate surface area is 142 Å². The summed E-state index contributed by atoms with van der Waals surface area (Å²) in [7, 11) is 0. The zero-order chi connectivity index (χ0) is 16.4. The molecule has 0 saturated heterocycles. The van der Waals surface area contributed by atoms with Crippen LogP contribution in [0.1, 0.15) is 63.0 Å². The van der Waals surface area contributed by atoms with Gasteiger partial charge in [-0.25, -0.2) is 4.98 Å². The molecule has 2 heterocycles. The quantitative estimate of drug-likeness (QED) is 0.761. The highest BCUT2D eigenvalue weighted by atomic mass is 16.5. The van der Waals surface area contributed by atoms with Gasteiger partial charge < -0.3 is 9.30 Å². The predicted molar refractivity (Wildman–Crippen MR) is 92.6 cm³/mol. The molecule has 0 radical (unpaired) electrons. The third-order valence-corrected chi connectivity index (χ3v) is 5.31. The van der Waals surface area contributed by atoms with Gasteiger partial charge in [-0.1, -0.05) is 30.7 Å². The number of hydrogen-bond donors (Lipinski definition) is 0. The lowest BCUT2D eigenvalue weighted by Crippen LogP contribution is -2.20. The second-order valence-corrected chi connectivity index (χ2v) is 6.93. The molecule has 1 unspecified atom stereocenters. The topological polar surface area (TPSA) is 44.1 Å². The number of fused-ring (bicyclic) bond motifs is 3. The lowest BCUT2D eigenvalue weighted by Gasteiger charge is -2.22. The van der Waals surface area contributed by atoms with Gasteiger partial charge in [-0.2, -0.15) is 0 Å². The van der Waals surface area contributed by atoms with Crippen LogP contribution in [0.2, 0.25) is 0 Å². The Balaban J connectivity index is 1.34. The van der Waals surface area contributed by atoms with Gasteiger partial charge in [0.1, 0.15) is 6.10 Å². The van der Waals surface area contributed by atoms with E-state index >= 15 is 0 Å². The van der Waals surface area contributed by atoms with Crippen LogP contribution in [0.15, 0.2) is 36.8 Å². The zero-order valence-corrected chi connectivity index (χ0v) is 14.0. The van der Waals surface area contributed by atoms with Crippen molar-refractivity contribution in [1.82, 2.24) is 9.55 Å².